The van der Waals surface area contributed by atoms with Gasteiger partial charge in [-0.05, 0) is 34.9 Å². The van der Waals surface area contributed by atoms with E-state index in [1.54, 1.807) is 0 Å². The third-order valence-corrected chi connectivity index (χ3v) is 3.75. The molecule has 22 heavy (non-hydrogen) atoms. The Hall–Kier alpha value is -1.98. The molecule has 0 saturated carbocycles. The molecule has 0 amide bonds. The van der Waals surface area contributed by atoms with Gasteiger partial charge in [0, 0.05) is 19.5 Å². The standard InChI is InChI=1S/C17H17F2NO2/c18-14-3-2-12(8-15(14)19)16(21)10-20-9-11-1-4-17-13(7-11)5-6-22-17/h1-4,7-8,16,20-21H,5-6,9-10H2/t16-/m1/s1. The van der Waals surface area contributed by atoms with Crippen LogP contribution >= 0.6 is 0 Å². The molecule has 2 aromatic rings. The zero-order valence-corrected chi connectivity index (χ0v) is 12.0. The van der Waals surface area contributed by atoms with Gasteiger partial charge in [0.25, 0.3) is 0 Å². The van der Waals surface area contributed by atoms with Crippen LogP contribution in [0.25, 0.3) is 0 Å². The van der Waals surface area contributed by atoms with Gasteiger partial charge in [-0.15, -0.1) is 0 Å². The molecule has 0 unspecified atom stereocenters. The molecule has 0 bridgehead atoms. The summed E-state index contributed by atoms with van der Waals surface area (Å²) < 4.78 is 31.4. The van der Waals surface area contributed by atoms with Crippen LogP contribution in [0.15, 0.2) is 36.4 Å². The SMILES string of the molecule is O[C@H](CNCc1ccc2c(c1)CCO2)c1ccc(F)c(F)c1. The van der Waals surface area contributed by atoms with Gasteiger partial charge in [0.2, 0.25) is 0 Å². The van der Waals surface area contributed by atoms with Gasteiger partial charge in [-0.1, -0.05) is 18.2 Å². The summed E-state index contributed by atoms with van der Waals surface area (Å²) in [5, 5.41) is 13.1. The molecule has 0 saturated heterocycles. The Balaban J connectivity index is 1.55. The van der Waals surface area contributed by atoms with Crippen LogP contribution in [-0.2, 0) is 13.0 Å². The maximum Gasteiger partial charge on any atom is 0.159 e. The first-order valence-corrected chi connectivity index (χ1v) is 7.22. The smallest absolute Gasteiger partial charge is 0.159 e. The third kappa shape index (κ3) is 3.26. The van der Waals surface area contributed by atoms with E-state index < -0.39 is 17.7 Å². The normalized spacial score (nSPS) is 14.5. The van der Waals surface area contributed by atoms with Crippen LogP contribution in [0.4, 0.5) is 8.78 Å². The molecule has 1 atom stereocenters. The third-order valence-electron chi connectivity index (χ3n) is 3.75. The molecule has 2 aromatic carbocycles. The molecule has 1 aliphatic rings. The van der Waals surface area contributed by atoms with E-state index in [1.165, 1.54) is 11.6 Å². The molecule has 3 rings (SSSR count). The molecule has 0 aromatic heterocycles. The van der Waals surface area contributed by atoms with E-state index in [0.717, 1.165) is 36.5 Å². The molecule has 3 nitrogen and oxygen atoms in total. The van der Waals surface area contributed by atoms with E-state index in [9.17, 15) is 13.9 Å². The summed E-state index contributed by atoms with van der Waals surface area (Å²) >= 11 is 0. The molecule has 1 heterocycles. The van der Waals surface area contributed by atoms with Crippen molar-refractivity contribution in [2.75, 3.05) is 13.2 Å². The Morgan fingerprint density at radius 2 is 2.00 bits per heavy atom. The Kier molecular flexibility index (Phi) is 4.36. The largest absolute Gasteiger partial charge is 0.493 e. The fraction of sp³-hybridized carbons (Fsp3) is 0.294. The van der Waals surface area contributed by atoms with Crippen molar-refractivity contribution in [3.63, 3.8) is 0 Å². The van der Waals surface area contributed by atoms with Crippen molar-refractivity contribution >= 4 is 0 Å². The van der Waals surface area contributed by atoms with Gasteiger partial charge in [-0.3, -0.25) is 0 Å². The number of hydrogen-bond donors (Lipinski definition) is 2. The van der Waals surface area contributed by atoms with Crippen molar-refractivity contribution in [2.24, 2.45) is 0 Å². The molecular formula is C17H17F2NO2. The van der Waals surface area contributed by atoms with E-state index in [2.05, 4.69) is 11.4 Å². The first-order chi connectivity index (χ1) is 10.6. The lowest BCUT2D eigenvalue weighted by Crippen LogP contribution is -2.21. The predicted molar refractivity (Wildman–Crippen MR) is 78.7 cm³/mol. The molecule has 0 radical (unpaired) electrons. The van der Waals surface area contributed by atoms with E-state index in [-0.39, 0.29) is 6.54 Å². The van der Waals surface area contributed by atoms with Gasteiger partial charge >= 0.3 is 0 Å². The minimum atomic E-state index is -0.949. The van der Waals surface area contributed by atoms with Crippen LogP contribution in [0.5, 0.6) is 5.75 Å². The number of nitrogens with one attached hydrogen (secondary N) is 1. The number of hydrogen-bond acceptors (Lipinski definition) is 3. The second-order valence-corrected chi connectivity index (χ2v) is 5.36. The molecule has 1 aliphatic heterocycles. The van der Waals surface area contributed by atoms with E-state index >= 15 is 0 Å². The number of rotatable bonds is 5. The first kappa shape index (κ1) is 14.9. The Labute approximate surface area is 127 Å². The topological polar surface area (TPSA) is 41.5 Å². The van der Waals surface area contributed by atoms with Gasteiger partial charge in [0.15, 0.2) is 11.6 Å². The Morgan fingerprint density at radius 1 is 1.14 bits per heavy atom. The van der Waals surface area contributed by atoms with Crippen molar-refractivity contribution in [3.05, 3.63) is 64.7 Å². The van der Waals surface area contributed by atoms with Gasteiger partial charge in [0.05, 0.1) is 12.7 Å². The second-order valence-electron chi connectivity index (χ2n) is 5.36. The summed E-state index contributed by atoms with van der Waals surface area (Å²) in [4.78, 5) is 0. The van der Waals surface area contributed by atoms with Crippen LogP contribution in [-0.4, -0.2) is 18.3 Å². The number of aliphatic hydroxyl groups excluding tert-OH is 1. The molecule has 5 heteroatoms. The quantitative estimate of drug-likeness (QED) is 0.892. The second kappa shape index (κ2) is 6.42. The fourth-order valence-electron chi connectivity index (χ4n) is 2.54. The van der Waals surface area contributed by atoms with Gasteiger partial charge in [-0.2, -0.15) is 0 Å². The van der Waals surface area contributed by atoms with Crippen LogP contribution in [0.2, 0.25) is 0 Å². The van der Waals surface area contributed by atoms with Crippen LogP contribution in [0.1, 0.15) is 22.8 Å². The van der Waals surface area contributed by atoms with Crippen LogP contribution in [0.3, 0.4) is 0 Å². The average molecular weight is 305 g/mol. The molecule has 0 aliphatic carbocycles. The first-order valence-electron chi connectivity index (χ1n) is 7.22. The molecular weight excluding hydrogens is 288 g/mol. The van der Waals surface area contributed by atoms with Gasteiger partial charge in [0.1, 0.15) is 5.75 Å². The fourth-order valence-corrected chi connectivity index (χ4v) is 2.54. The maximum atomic E-state index is 13.1. The average Bonchev–Trinajstić information content (AvgIpc) is 2.97. The highest BCUT2D eigenvalue weighted by atomic mass is 19.2. The van der Waals surface area contributed by atoms with Crippen molar-refractivity contribution in [3.8, 4) is 5.75 Å². The van der Waals surface area contributed by atoms with E-state index in [4.69, 9.17) is 4.74 Å². The molecule has 0 fully saturated rings. The highest BCUT2D eigenvalue weighted by molar-refractivity contribution is 5.39. The summed E-state index contributed by atoms with van der Waals surface area (Å²) in [6, 6.07) is 9.44. The number of benzene rings is 2. The lowest BCUT2D eigenvalue weighted by molar-refractivity contribution is 0.173. The molecule has 116 valence electrons. The Bertz CT molecular complexity index is 676. The number of halogens is 2. The summed E-state index contributed by atoms with van der Waals surface area (Å²) in [6.45, 7) is 1.58. The zero-order chi connectivity index (χ0) is 15.5. The summed E-state index contributed by atoms with van der Waals surface area (Å²) in [6.07, 6.45) is 0.0357. The minimum Gasteiger partial charge on any atom is -0.493 e. The molecule has 0 spiro atoms. The van der Waals surface area contributed by atoms with Crippen LogP contribution in [0, 0.1) is 11.6 Å². The molecule has 2 N–H and O–H groups in total. The van der Waals surface area contributed by atoms with Crippen molar-refractivity contribution in [1.82, 2.24) is 5.32 Å². The summed E-state index contributed by atoms with van der Waals surface area (Å²) in [7, 11) is 0. The number of fused-ring (bicyclic) bond motifs is 1. The van der Waals surface area contributed by atoms with E-state index in [1.807, 2.05) is 12.1 Å². The summed E-state index contributed by atoms with van der Waals surface area (Å²) in [5.74, 6) is -0.926. The number of aliphatic hydroxyl groups is 1. The monoisotopic (exact) mass is 305 g/mol. The lowest BCUT2D eigenvalue weighted by Gasteiger charge is -2.13. The lowest BCUT2D eigenvalue weighted by atomic mass is 10.1. The predicted octanol–water partition coefficient (Wildman–Crippen LogP) is 2.72. The van der Waals surface area contributed by atoms with Crippen molar-refractivity contribution < 1.29 is 18.6 Å². The minimum absolute atomic E-state index is 0.263. The highest BCUT2D eigenvalue weighted by Gasteiger charge is 2.13. The van der Waals surface area contributed by atoms with Gasteiger partial charge < -0.3 is 15.2 Å². The Morgan fingerprint density at radius 3 is 2.82 bits per heavy atom. The zero-order valence-electron chi connectivity index (χ0n) is 12.0. The number of ether oxygens (including phenoxy) is 1. The maximum absolute atomic E-state index is 13.1. The van der Waals surface area contributed by atoms with Crippen molar-refractivity contribution in [1.29, 1.82) is 0 Å². The highest BCUT2D eigenvalue weighted by Crippen LogP contribution is 2.25. The van der Waals surface area contributed by atoms with Crippen LogP contribution < -0.4 is 10.1 Å². The summed E-state index contributed by atoms with van der Waals surface area (Å²) in [5.41, 5.74) is 2.65. The van der Waals surface area contributed by atoms with E-state index in [0.29, 0.717) is 12.1 Å². The van der Waals surface area contributed by atoms with Gasteiger partial charge in [-0.25, -0.2) is 8.78 Å². The van der Waals surface area contributed by atoms with Crippen molar-refractivity contribution in [2.45, 2.75) is 19.1 Å².